The molecule has 2 aliphatic rings. The molecule has 4 rings (SSSR count). The van der Waals surface area contributed by atoms with Gasteiger partial charge < -0.3 is 20.7 Å². The molecule has 0 radical (unpaired) electrons. The van der Waals surface area contributed by atoms with Crippen LogP contribution in [0.1, 0.15) is 50.3 Å². The molecule has 3 atom stereocenters. The molecule has 1 aliphatic carbocycles. The second-order valence-electron chi connectivity index (χ2n) is 11.2. The number of nitrogens with one attached hydrogen (secondary N) is 1. The first kappa shape index (κ1) is 30.6. The van der Waals surface area contributed by atoms with E-state index in [0.29, 0.717) is 25.8 Å². The van der Waals surface area contributed by atoms with Crippen LogP contribution in [0.4, 0.5) is 0 Å². The van der Waals surface area contributed by atoms with Crippen LogP contribution < -0.4 is 11.1 Å². The van der Waals surface area contributed by atoms with Crippen molar-refractivity contribution in [2.75, 3.05) is 19.7 Å². The molecule has 2 amide bonds. The van der Waals surface area contributed by atoms with Gasteiger partial charge in [0.05, 0.1) is 18.1 Å². The number of carbonyl (C=O) groups excluding carboxylic acids is 3. The van der Waals surface area contributed by atoms with Crippen molar-refractivity contribution in [1.29, 1.82) is 0 Å². The Morgan fingerprint density at radius 3 is 2.26 bits per heavy atom. The Hall–Kier alpha value is -2.90. The van der Waals surface area contributed by atoms with Crippen molar-refractivity contribution in [2.45, 2.75) is 65.0 Å². The van der Waals surface area contributed by atoms with Gasteiger partial charge in [-0.15, -0.1) is 12.4 Å². The molecule has 1 aliphatic heterocycles. The minimum Gasteiger partial charge on any atom is -0.466 e. The summed E-state index contributed by atoms with van der Waals surface area (Å²) in [7, 11) is 0. The molecule has 1 heterocycles. The second kappa shape index (κ2) is 13.4. The fourth-order valence-corrected chi connectivity index (χ4v) is 6.02. The summed E-state index contributed by atoms with van der Waals surface area (Å²) in [6, 6.07) is 16.7. The van der Waals surface area contributed by atoms with Crippen LogP contribution >= 0.6 is 12.4 Å². The van der Waals surface area contributed by atoms with Gasteiger partial charge in [0.1, 0.15) is 6.04 Å². The molecule has 3 N–H and O–H groups in total. The van der Waals surface area contributed by atoms with Crippen LogP contribution in [0.25, 0.3) is 0 Å². The van der Waals surface area contributed by atoms with Gasteiger partial charge in [0, 0.05) is 19.0 Å². The predicted octanol–water partition coefficient (Wildman–Crippen LogP) is 3.71. The lowest BCUT2D eigenvalue weighted by Gasteiger charge is -2.43. The minimum atomic E-state index is -0.910. The van der Waals surface area contributed by atoms with Crippen molar-refractivity contribution < 1.29 is 19.1 Å². The molecule has 1 saturated heterocycles. The highest BCUT2D eigenvalue weighted by Crippen LogP contribution is 2.36. The Balaban J connectivity index is 0.00000420. The number of nitrogens with zero attached hydrogens (tertiary/aromatic N) is 1. The summed E-state index contributed by atoms with van der Waals surface area (Å²) in [5, 5.41) is 3.11. The van der Waals surface area contributed by atoms with E-state index in [0.717, 1.165) is 18.4 Å². The lowest BCUT2D eigenvalue weighted by molar-refractivity contribution is -0.161. The lowest BCUT2D eigenvalue weighted by Crippen LogP contribution is -2.62. The van der Waals surface area contributed by atoms with Gasteiger partial charge in [0.25, 0.3) is 0 Å². The third-order valence-electron chi connectivity index (χ3n) is 8.08. The molecule has 0 saturated carbocycles. The molecular weight excluding hydrogens is 514 g/mol. The van der Waals surface area contributed by atoms with E-state index in [2.05, 4.69) is 17.4 Å². The fourth-order valence-electron chi connectivity index (χ4n) is 6.02. The maximum atomic E-state index is 13.9. The van der Waals surface area contributed by atoms with E-state index in [-0.39, 0.29) is 55.2 Å². The van der Waals surface area contributed by atoms with E-state index in [1.807, 2.05) is 56.3 Å². The molecule has 1 fully saturated rings. The maximum Gasteiger partial charge on any atom is 0.314 e. The molecule has 212 valence electrons. The molecule has 7 nitrogen and oxygen atoms in total. The molecule has 0 aromatic heterocycles. The number of rotatable bonds is 9. The number of fused-ring (bicyclic) bond motifs is 1. The zero-order valence-corrected chi connectivity index (χ0v) is 24.0. The first-order valence-corrected chi connectivity index (χ1v) is 13.9. The number of ether oxygens (including phenoxy) is 1. The summed E-state index contributed by atoms with van der Waals surface area (Å²) < 4.78 is 5.52. The van der Waals surface area contributed by atoms with Gasteiger partial charge in [-0.3, -0.25) is 14.4 Å². The number of likely N-dealkylation sites (tertiary alicyclic amines) is 1. The smallest absolute Gasteiger partial charge is 0.314 e. The van der Waals surface area contributed by atoms with Crippen molar-refractivity contribution in [3.8, 4) is 0 Å². The monoisotopic (exact) mass is 555 g/mol. The molecule has 2 unspecified atom stereocenters. The number of amides is 2. The van der Waals surface area contributed by atoms with Crippen molar-refractivity contribution in [3.63, 3.8) is 0 Å². The van der Waals surface area contributed by atoms with Gasteiger partial charge in [0.2, 0.25) is 11.8 Å². The van der Waals surface area contributed by atoms with Crippen LogP contribution in [-0.2, 0) is 38.4 Å². The molecular formula is C31H42ClN3O4. The summed E-state index contributed by atoms with van der Waals surface area (Å²) in [5.74, 6) is -0.807. The minimum absolute atomic E-state index is 0. The summed E-state index contributed by atoms with van der Waals surface area (Å²) in [4.78, 5) is 41.8. The van der Waals surface area contributed by atoms with Crippen LogP contribution in [0.5, 0.6) is 0 Å². The van der Waals surface area contributed by atoms with E-state index >= 15 is 0 Å². The molecule has 0 spiro atoms. The van der Waals surface area contributed by atoms with Gasteiger partial charge in [-0.2, -0.15) is 0 Å². The number of esters is 1. The average molecular weight is 556 g/mol. The van der Waals surface area contributed by atoms with Gasteiger partial charge in [-0.05, 0) is 61.6 Å². The van der Waals surface area contributed by atoms with Crippen LogP contribution in [0.3, 0.4) is 0 Å². The SMILES string of the molecule is CCOC(=O)C1(Cc2ccccc2)CCCN(C(=O)[C@H](N)C(NC(=O)C(C)C)C2Cc3ccccc3C2)C1.Cl. The van der Waals surface area contributed by atoms with Gasteiger partial charge >= 0.3 is 5.97 Å². The van der Waals surface area contributed by atoms with Gasteiger partial charge in [-0.25, -0.2) is 0 Å². The third kappa shape index (κ3) is 7.00. The molecule has 8 heteroatoms. The molecule has 39 heavy (non-hydrogen) atoms. The van der Waals surface area contributed by atoms with E-state index < -0.39 is 17.5 Å². The largest absolute Gasteiger partial charge is 0.466 e. The lowest BCUT2D eigenvalue weighted by atomic mass is 9.74. The van der Waals surface area contributed by atoms with Gasteiger partial charge in [0.15, 0.2) is 0 Å². The third-order valence-corrected chi connectivity index (χ3v) is 8.08. The van der Waals surface area contributed by atoms with Gasteiger partial charge in [-0.1, -0.05) is 68.4 Å². The normalized spacial score (nSPS) is 20.5. The Bertz CT molecular complexity index is 1120. The van der Waals surface area contributed by atoms with E-state index in [1.165, 1.54) is 11.1 Å². The molecule has 2 aromatic carbocycles. The standard InChI is InChI=1S/C31H41N3O4.ClH/c1-4-38-30(37)31(19-22-11-6-5-7-12-22)15-10-16-34(20-31)29(36)26(32)27(33-28(35)21(2)3)25-17-23-13-8-9-14-24(23)18-25;/h5-9,11-14,21,25-27H,4,10,15-20,32H2,1-3H3,(H,33,35);1H/t26-,27?,31?;/m1./s1. The van der Waals surface area contributed by atoms with E-state index in [9.17, 15) is 14.4 Å². The number of hydrogen-bond acceptors (Lipinski definition) is 5. The zero-order chi connectivity index (χ0) is 27.3. The fraction of sp³-hybridized carbons (Fsp3) is 0.516. The molecule has 0 bridgehead atoms. The summed E-state index contributed by atoms with van der Waals surface area (Å²) in [5.41, 5.74) is 9.39. The van der Waals surface area contributed by atoms with Crippen molar-refractivity contribution in [2.24, 2.45) is 23.0 Å². The highest BCUT2D eigenvalue weighted by atomic mass is 35.5. The Labute approximate surface area is 238 Å². The summed E-state index contributed by atoms with van der Waals surface area (Å²) >= 11 is 0. The maximum absolute atomic E-state index is 13.9. The topological polar surface area (TPSA) is 102 Å². The first-order valence-electron chi connectivity index (χ1n) is 13.9. The number of benzene rings is 2. The predicted molar refractivity (Wildman–Crippen MR) is 154 cm³/mol. The Kier molecular flexibility index (Phi) is 10.6. The van der Waals surface area contributed by atoms with Crippen LogP contribution in [-0.4, -0.2) is 54.5 Å². The highest BCUT2D eigenvalue weighted by molar-refractivity contribution is 5.86. The quantitative estimate of drug-likeness (QED) is 0.459. The van der Waals surface area contributed by atoms with Crippen molar-refractivity contribution in [3.05, 3.63) is 71.3 Å². The van der Waals surface area contributed by atoms with Crippen LogP contribution in [0.2, 0.25) is 0 Å². The van der Waals surface area contributed by atoms with Crippen molar-refractivity contribution in [1.82, 2.24) is 10.2 Å². The number of nitrogens with two attached hydrogens (primary N) is 1. The van der Waals surface area contributed by atoms with Crippen molar-refractivity contribution >= 4 is 30.2 Å². The zero-order valence-electron chi connectivity index (χ0n) is 23.2. The van der Waals surface area contributed by atoms with Crippen LogP contribution in [0, 0.1) is 17.3 Å². The number of piperidine rings is 1. The second-order valence-corrected chi connectivity index (χ2v) is 11.2. The highest BCUT2D eigenvalue weighted by Gasteiger charge is 2.47. The first-order chi connectivity index (χ1) is 18.2. The van der Waals surface area contributed by atoms with E-state index in [4.69, 9.17) is 10.5 Å². The number of carbonyl (C=O) groups is 3. The number of hydrogen-bond donors (Lipinski definition) is 2. The van der Waals surface area contributed by atoms with E-state index in [1.54, 1.807) is 11.8 Å². The molecule has 2 aromatic rings. The summed E-state index contributed by atoms with van der Waals surface area (Å²) in [6.45, 7) is 6.54. The average Bonchev–Trinajstić information content (AvgIpc) is 3.35. The Morgan fingerprint density at radius 1 is 1.05 bits per heavy atom. The number of halogens is 1. The van der Waals surface area contributed by atoms with Crippen LogP contribution in [0.15, 0.2) is 54.6 Å². The summed E-state index contributed by atoms with van der Waals surface area (Å²) in [6.07, 6.45) is 3.35. The Morgan fingerprint density at radius 2 is 1.67 bits per heavy atom.